The summed E-state index contributed by atoms with van der Waals surface area (Å²) in [4.78, 5) is 10.9. The Labute approximate surface area is 154 Å². The normalized spacial score (nSPS) is 11.1. The Kier molecular flexibility index (Phi) is 4.92. The molecule has 0 fully saturated rings. The molecule has 0 aliphatic heterocycles. The lowest BCUT2D eigenvalue weighted by Crippen LogP contribution is -2.15. The first-order valence-electron chi connectivity index (χ1n) is 7.40. The molecule has 0 aliphatic rings. The van der Waals surface area contributed by atoms with E-state index < -0.39 is 14.9 Å². The van der Waals surface area contributed by atoms with Crippen LogP contribution in [0.5, 0.6) is 5.75 Å². The SMILES string of the molecule is COc1ccc([N+](=O)[O-])cc1S(=O)(=O)Nc1ccccc1-c1cccs1. The predicted octanol–water partition coefficient (Wildman–Crippen LogP) is 4.13. The lowest BCUT2D eigenvalue weighted by Gasteiger charge is -2.14. The molecule has 134 valence electrons. The van der Waals surface area contributed by atoms with E-state index in [0.29, 0.717) is 5.69 Å². The van der Waals surface area contributed by atoms with Crippen LogP contribution in [0.2, 0.25) is 0 Å². The van der Waals surface area contributed by atoms with Gasteiger partial charge < -0.3 is 4.74 Å². The van der Waals surface area contributed by atoms with Crippen molar-refractivity contribution >= 4 is 32.7 Å². The predicted molar refractivity (Wildman–Crippen MR) is 100 cm³/mol. The monoisotopic (exact) mass is 390 g/mol. The maximum Gasteiger partial charge on any atom is 0.271 e. The Hall–Kier alpha value is -2.91. The number of anilines is 1. The van der Waals surface area contributed by atoms with Gasteiger partial charge in [-0.05, 0) is 23.6 Å². The molecule has 0 bridgehead atoms. The summed E-state index contributed by atoms with van der Waals surface area (Å²) in [6.45, 7) is 0. The van der Waals surface area contributed by atoms with Crippen molar-refractivity contribution in [3.05, 3.63) is 70.1 Å². The lowest BCUT2D eigenvalue weighted by atomic mass is 10.1. The number of nitrogens with zero attached hydrogens (tertiary/aromatic N) is 1. The van der Waals surface area contributed by atoms with Gasteiger partial charge in [-0.15, -0.1) is 11.3 Å². The second kappa shape index (κ2) is 7.14. The molecule has 0 aliphatic carbocycles. The van der Waals surface area contributed by atoms with Gasteiger partial charge in [0.05, 0.1) is 17.7 Å². The molecule has 1 aromatic heterocycles. The molecule has 2 aromatic carbocycles. The van der Waals surface area contributed by atoms with Crippen molar-refractivity contribution in [3.8, 4) is 16.2 Å². The molecule has 0 saturated carbocycles. The van der Waals surface area contributed by atoms with Gasteiger partial charge in [-0.3, -0.25) is 14.8 Å². The summed E-state index contributed by atoms with van der Waals surface area (Å²) in [5.41, 5.74) is 0.761. The minimum Gasteiger partial charge on any atom is -0.495 e. The molecule has 9 heteroatoms. The molecule has 3 aromatic rings. The number of para-hydroxylation sites is 1. The number of hydrogen-bond donors (Lipinski definition) is 1. The van der Waals surface area contributed by atoms with E-state index in [9.17, 15) is 18.5 Å². The van der Waals surface area contributed by atoms with Crippen molar-refractivity contribution in [2.24, 2.45) is 0 Å². The summed E-state index contributed by atoms with van der Waals surface area (Å²) >= 11 is 1.48. The number of non-ortho nitro benzene ring substituents is 1. The van der Waals surface area contributed by atoms with Crippen LogP contribution in [0, 0.1) is 10.1 Å². The average Bonchev–Trinajstić information content (AvgIpc) is 3.15. The van der Waals surface area contributed by atoms with Crippen LogP contribution in [0.25, 0.3) is 10.4 Å². The summed E-state index contributed by atoms with van der Waals surface area (Å²) in [7, 11) is -2.80. The second-order valence-corrected chi connectivity index (χ2v) is 7.82. The molecule has 0 atom stereocenters. The van der Waals surface area contributed by atoms with Crippen molar-refractivity contribution in [2.45, 2.75) is 4.90 Å². The molecule has 0 unspecified atom stereocenters. The minimum atomic E-state index is -4.10. The van der Waals surface area contributed by atoms with E-state index in [1.807, 2.05) is 17.5 Å². The fraction of sp³-hybridized carbons (Fsp3) is 0.0588. The van der Waals surface area contributed by atoms with Crippen LogP contribution in [-0.2, 0) is 10.0 Å². The third kappa shape index (κ3) is 3.53. The fourth-order valence-electron chi connectivity index (χ4n) is 2.41. The number of nitro benzene ring substituents is 1. The lowest BCUT2D eigenvalue weighted by molar-refractivity contribution is -0.385. The molecule has 0 spiro atoms. The van der Waals surface area contributed by atoms with Crippen molar-refractivity contribution in [3.63, 3.8) is 0 Å². The van der Waals surface area contributed by atoms with Crippen molar-refractivity contribution in [2.75, 3.05) is 11.8 Å². The third-order valence-electron chi connectivity index (χ3n) is 3.61. The standard InChI is InChI=1S/C17H14N2O5S2/c1-24-15-9-8-12(19(20)21)11-17(15)26(22,23)18-14-6-3-2-5-13(14)16-7-4-10-25-16/h2-11,18H,1H3. The zero-order valence-electron chi connectivity index (χ0n) is 13.6. The summed E-state index contributed by atoms with van der Waals surface area (Å²) in [5.74, 6) is 0.0247. The van der Waals surface area contributed by atoms with Crippen LogP contribution < -0.4 is 9.46 Å². The number of hydrogen-bond acceptors (Lipinski definition) is 6. The Morgan fingerprint density at radius 1 is 1.12 bits per heavy atom. The fourth-order valence-corrected chi connectivity index (χ4v) is 4.44. The van der Waals surface area contributed by atoms with E-state index in [-0.39, 0.29) is 16.3 Å². The Bertz CT molecular complexity index is 1050. The number of nitrogens with one attached hydrogen (secondary N) is 1. The highest BCUT2D eigenvalue weighted by Gasteiger charge is 2.24. The molecular formula is C17H14N2O5S2. The number of benzene rings is 2. The van der Waals surface area contributed by atoms with Crippen LogP contribution >= 0.6 is 11.3 Å². The molecule has 26 heavy (non-hydrogen) atoms. The van der Waals surface area contributed by atoms with Gasteiger partial charge in [-0.25, -0.2) is 8.42 Å². The number of thiophene rings is 1. The first-order chi connectivity index (χ1) is 12.4. The van der Waals surface area contributed by atoms with Gasteiger partial charge in [-0.1, -0.05) is 24.3 Å². The quantitative estimate of drug-likeness (QED) is 0.504. The zero-order chi connectivity index (χ0) is 18.7. The van der Waals surface area contributed by atoms with E-state index in [1.54, 1.807) is 24.3 Å². The molecular weight excluding hydrogens is 376 g/mol. The number of rotatable bonds is 6. The first kappa shape index (κ1) is 17.9. The molecule has 7 nitrogen and oxygen atoms in total. The van der Waals surface area contributed by atoms with Crippen molar-refractivity contribution in [1.82, 2.24) is 0 Å². The van der Waals surface area contributed by atoms with Crippen LogP contribution in [0.4, 0.5) is 11.4 Å². The summed E-state index contributed by atoms with van der Waals surface area (Å²) in [6.07, 6.45) is 0. The van der Waals surface area contributed by atoms with E-state index in [4.69, 9.17) is 4.74 Å². The number of sulfonamides is 1. The van der Waals surface area contributed by atoms with Crippen molar-refractivity contribution in [1.29, 1.82) is 0 Å². The van der Waals surface area contributed by atoms with E-state index in [1.165, 1.54) is 30.6 Å². The topological polar surface area (TPSA) is 98.5 Å². The van der Waals surface area contributed by atoms with E-state index >= 15 is 0 Å². The molecule has 0 amide bonds. The highest BCUT2D eigenvalue weighted by atomic mass is 32.2. The van der Waals surface area contributed by atoms with Crippen molar-refractivity contribution < 1.29 is 18.1 Å². The van der Waals surface area contributed by atoms with Crippen LogP contribution in [0.1, 0.15) is 0 Å². The summed E-state index contributed by atoms with van der Waals surface area (Å²) in [5, 5.41) is 12.9. The zero-order valence-corrected chi connectivity index (χ0v) is 15.2. The van der Waals surface area contributed by atoms with Crippen LogP contribution in [0.15, 0.2) is 64.9 Å². The van der Waals surface area contributed by atoms with Gasteiger partial charge in [0.15, 0.2) is 0 Å². The minimum absolute atomic E-state index is 0.0247. The Morgan fingerprint density at radius 2 is 1.88 bits per heavy atom. The third-order valence-corrected chi connectivity index (χ3v) is 5.90. The molecule has 0 radical (unpaired) electrons. The van der Waals surface area contributed by atoms with Gasteiger partial charge in [0.2, 0.25) is 0 Å². The van der Waals surface area contributed by atoms with Gasteiger partial charge in [0.1, 0.15) is 10.6 Å². The van der Waals surface area contributed by atoms with Gasteiger partial charge in [-0.2, -0.15) is 0 Å². The Balaban J connectivity index is 2.06. The van der Waals surface area contributed by atoms with Gasteiger partial charge in [0, 0.05) is 22.6 Å². The largest absolute Gasteiger partial charge is 0.495 e. The number of methoxy groups -OCH3 is 1. The molecule has 1 heterocycles. The highest BCUT2D eigenvalue weighted by Crippen LogP contribution is 2.34. The maximum atomic E-state index is 12.9. The second-order valence-electron chi connectivity index (χ2n) is 5.22. The molecule has 1 N–H and O–H groups in total. The van der Waals surface area contributed by atoms with Gasteiger partial charge in [0.25, 0.3) is 15.7 Å². The average molecular weight is 390 g/mol. The highest BCUT2D eigenvalue weighted by molar-refractivity contribution is 7.92. The summed E-state index contributed by atoms with van der Waals surface area (Å²) in [6, 6.07) is 14.1. The van der Waals surface area contributed by atoms with Gasteiger partial charge >= 0.3 is 0 Å². The Morgan fingerprint density at radius 3 is 2.54 bits per heavy atom. The van der Waals surface area contributed by atoms with Crippen LogP contribution in [0.3, 0.4) is 0 Å². The number of ether oxygens (including phenoxy) is 1. The molecule has 3 rings (SSSR count). The molecule has 0 saturated heterocycles. The summed E-state index contributed by atoms with van der Waals surface area (Å²) < 4.78 is 33.3. The number of nitro groups is 1. The maximum absolute atomic E-state index is 12.9. The van der Waals surface area contributed by atoms with E-state index in [2.05, 4.69) is 4.72 Å². The van der Waals surface area contributed by atoms with E-state index in [0.717, 1.165) is 16.5 Å². The smallest absolute Gasteiger partial charge is 0.271 e. The van der Waals surface area contributed by atoms with Crippen LogP contribution in [-0.4, -0.2) is 20.5 Å². The first-order valence-corrected chi connectivity index (χ1v) is 9.77.